The number of anilines is 2. The lowest BCUT2D eigenvalue weighted by atomic mass is 9.73. The molecule has 0 radical (unpaired) electrons. The van der Waals surface area contributed by atoms with Crippen LogP contribution in [0.2, 0.25) is 0 Å². The van der Waals surface area contributed by atoms with E-state index in [0.29, 0.717) is 82.0 Å². The molecular weight excluding hydrogens is 977 g/mol. The third-order valence-electron chi connectivity index (χ3n) is 14.3. The number of allylic oxidation sites excluding steroid dienone is 1. The predicted octanol–water partition coefficient (Wildman–Crippen LogP) is 10.8. The van der Waals surface area contributed by atoms with Crippen molar-refractivity contribution in [3.05, 3.63) is 128 Å². The summed E-state index contributed by atoms with van der Waals surface area (Å²) in [6, 6.07) is 14.5. The number of nitrogens with one attached hydrogen (secondary N) is 3. The molecule has 1 amide bonds. The fourth-order valence-electron chi connectivity index (χ4n) is 9.94. The number of nitrogens with zero attached hydrogens (tertiary/aromatic N) is 4. The van der Waals surface area contributed by atoms with Crippen LogP contribution in [-0.2, 0) is 15.6 Å². The highest BCUT2D eigenvalue weighted by molar-refractivity contribution is 7.90. The molecule has 15 nitrogen and oxygen atoms in total. The highest BCUT2D eigenvalue weighted by atomic mass is 32.2. The van der Waals surface area contributed by atoms with Crippen molar-refractivity contribution in [1.29, 1.82) is 0 Å². The number of H-pyrrole nitrogens is 1. The highest BCUT2D eigenvalue weighted by Gasteiger charge is 2.33. The van der Waals surface area contributed by atoms with Crippen molar-refractivity contribution >= 4 is 60.9 Å². The molecule has 2 aliphatic carbocycles. The number of aromatic amines is 1. The van der Waals surface area contributed by atoms with E-state index in [0.717, 1.165) is 47.6 Å². The van der Waals surface area contributed by atoms with Crippen LogP contribution in [0.1, 0.15) is 108 Å². The summed E-state index contributed by atoms with van der Waals surface area (Å²) < 4.78 is 114. The van der Waals surface area contributed by atoms with Crippen LogP contribution in [0, 0.1) is 33.1 Å². The van der Waals surface area contributed by atoms with E-state index in [4.69, 9.17) is 13.0 Å². The maximum absolute atomic E-state index is 15.9. The first kappa shape index (κ1) is 44.3. The first-order chi connectivity index (χ1) is 37.0. The minimum atomic E-state index is -4.67. The van der Waals surface area contributed by atoms with Crippen LogP contribution in [0.25, 0.3) is 27.7 Å². The second-order valence-electron chi connectivity index (χ2n) is 20.5. The lowest BCUT2D eigenvalue weighted by Gasteiger charge is -2.39. The van der Waals surface area contributed by atoms with Gasteiger partial charge in [-0.3, -0.25) is 19.8 Å². The summed E-state index contributed by atoms with van der Waals surface area (Å²) in [6.07, 6.45) is 8.17. The number of aromatic nitrogens is 2. The Labute approximate surface area is 435 Å². The van der Waals surface area contributed by atoms with Crippen molar-refractivity contribution in [3.63, 3.8) is 0 Å². The summed E-state index contributed by atoms with van der Waals surface area (Å²) in [4.78, 5) is 37.7. The van der Waals surface area contributed by atoms with Crippen LogP contribution in [-0.4, -0.2) is 89.2 Å². The Morgan fingerprint density at radius 3 is 2.48 bits per heavy atom. The van der Waals surface area contributed by atoms with Gasteiger partial charge in [0.25, 0.3) is 21.6 Å². The number of ether oxygens (including phenoxy) is 1. The third-order valence-corrected chi connectivity index (χ3v) is 16.6. The molecule has 73 heavy (non-hydrogen) atoms. The molecule has 5 N–H and O–H groups in total. The van der Waals surface area contributed by atoms with Crippen LogP contribution < -0.4 is 19.7 Å². The number of thiophene rings is 1. The predicted molar refractivity (Wildman–Crippen MR) is 280 cm³/mol. The molecule has 0 atom stereocenters. The molecule has 3 aliphatic rings. The van der Waals surface area contributed by atoms with Gasteiger partial charge in [-0.1, -0.05) is 19.4 Å². The van der Waals surface area contributed by atoms with Crippen LogP contribution in [0.4, 0.5) is 25.8 Å². The second-order valence-corrected chi connectivity index (χ2v) is 23.1. The maximum Gasteiger partial charge on any atom is 0.293 e. The molecule has 9 rings (SSSR count). The molecule has 1 saturated heterocycles. The van der Waals surface area contributed by atoms with Gasteiger partial charge in [0, 0.05) is 81.8 Å². The van der Waals surface area contributed by atoms with Crippen molar-refractivity contribution in [1.82, 2.24) is 19.6 Å². The number of amides is 1. The summed E-state index contributed by atoms with van der Waals surface area (Å²) in [7, 11) is -4.67. The number of benzene rings is 3. The SMILES string of the molecule is [2H]C([2H])([2H])C(O)(c1cc(F)c(-c2csc(C3=C(CN4CCN(c5ccc(C(=O)NS(=O)(=O)c6ccc(NCC7CCC(C)(O)CC7)c([N+](=O)[O-])c6)c(Oc6cnc7[nH]ccc7c6)c5)CC4)CCC(C)(C)C3)c2)c(F)c1)C([2H])([2H])[2H]. The Morgan fingerprint density at radius 2 is 1.77 bits per heavy atom. The van der Waals surface area contributed by atoms with E-state index in [1.165, 1.54) is 41.3 Å². The van der Waals surface area contributed by atoms with E-state index >= 15 is 8.78 Å². The number of aliphatic hydroxyl groups is 2. The summed E-state index contributed by atoms with van der Waals surface area (Å²) in [5.74, 6) is -3.02. The molecule has 3 aromatic carbocycles. The van der Waals surface area contributed by atoms with Crippen LogP contribution in [0.5, 0.6) is 11.5 Å². The molecule has 4 heterocycles. The molecule has 0 bridgehead atoms. The van der Waals surface area contributed by atoms with Gasteiger partial charge >= 0.3 is 0 Å². The summed E-state index contributed by atoms with van der Waals surface area (Å²) in [5, 5.41) is 38.9. The molecule has 2 fully saturated rings. The average Bonchev–Trinajstić information content (AvgIpc) is 4.21. The zero-order valence-corrected chi connectivity index (χ0v) is 42.2. The summed E-state index contributed by atoms with van der Waals surface area (Å²) in [5.41, 5.74) is -2.57. The first-order valence-electron chi connectivity index (χ1n) is 27.1. The number of carbonyl (C=O) groups is 1. The van der Waals surface area contributed by atoms with Crippen LogP contribution in [0.3, 0.4) is 0 Å². The smallest absolute Gasteiger partial charge is 0.293 e. The summed E-state index contributed by atoms with van der Waals surface area (Å²) in [6.45, 7) is 2.38. The molecule has 1 aliphatic heterocycles. The number of nitro groups is 1. The van der Waals surface area contributed by atoms with E-state index in [2.05, 4.69) is 43.7 Å². The maximum atomic E-state index is 15.9. The molecule has 1 saturated carbocycles. The van der Waals surface area contributed by atoms with E-state index in [-0.39, 0.29) is 39.6 Å². The standard InChI is InChI=1S/C54H61F2N7O8S2/c1-52(2)14-12-35(42(28-52)48-23-36(32-72-48)49-43(55)24-37(25-44(49)56)53(3,4)65)31-61-18-20-62(21-19-61)38-6-8-41(47(26-38)71-39-22-34-13-17-57-50(34)59-30-39)51(64)60-73(69,70)40-7-9-45(46(27-40)63(67)68)58-29-33-10-15-54(5,66)16-11-33/h6-9,13,17,22-27,30,32-33,58,65-66H,10-12,14-16,18-21,28-29,31H2,1-5H3,(H,57,59)(H,60,64)/i3D3,4D3. The van der Waals surface area contributed by atoms with Gasteiger partial charge in [0.1, 0.15) is 34.5 Å². The zero-order chi connectivity index (χ0) is 57.0. The number of carbonyl (C=O) groups excluding carboxylic acids is 1. The van der Waals surface area contributed by atoms with E-state index in [9.17, 15) is 33.5 Å². The lowest BCUT2D eigenvalue weighted by Crippen LogP contribution is -2.47. The quantitative estimate of drug-likeness (QED) is 0.0482. The summed E-state index contributed by atoms with van der Waals surface area (Å²) >= 11 is 1.31. The van der Waals surface area contributed by atoms with Crippen molar-refractivity contribution < 1.29 is 50.1 Å². The molecule has 6 aromatic rings. The van der Waals surface area contributed by atoms with Gasteiger partial charge < -0.3 is 30.2 Å². The minimum absolute atomic E-state index is 0.0254. The number of hydrogen-bond donors (Lipinski definition) is 5. The number of piperazine rings is 1. The van der Waals surface area contributed by atoms with Gasteiger partial charge in [0.15, 0.2) is 0 Å². The van der Waals surface area contributed by atoms with Gasteiger partial charge in [0.05, 0.1) is 38.3 Å². The highest BCUT2D eigenvalue weighted by Crippen LogP contribution is 2.46. The molecule has 19 heteroatoms. The van der Waals surface area contributed by atoms with E-state index in [1.54, 1.807) is 48.8 Å². The lowest BCUT2D eigenvalue weighted by molar-refractivity contribution is -0.384. The third kappa shape index (κ3) is 11.8. The number of nitro benzene ring substituents is 1. The number of fused-ring (bicyclic) bond motifs is 1. The van der Waals surface area contributed by atoms with Crippen LogP contribution >= 0.6 is 11.3 Å². The number of pyridine rings is 1. The number of rotatable bonds is 15. The number of halogens is 2. The van der Waals surface area contributed by atoms with E-state index in [1.807, 2.05) is 0 Å². The molecular formula is C54H61F2N7O8S2. The van der Waals surface area contributed by atoms with Crippen LogP contribution in [0.15, 0.2) is 95.0 Å². The number of sulfonamides is 1. The Morgan fingerprint density at radius 1 is 1.03 bits per heavy atom. The fraction of sp³-hybridized carbons (Fsp3) is 0.407. The van der Waals surface area contributed by atoms with Gasteiger partial charge in [-0.05, 0) is 154 Å². The Balaban J connectivity index is 0.921. The monoisotopic (exact) mass is 1040 g/mol. The van der Waals surface area contributed by atoms with Crippen molar-refractivity contribution in [3.8, 4) is 22.6 Å². The molecule has 3 aromatic heterocycles. The zero-order valence-electron chi connectivity index (χ0n) is 46.6. The van der Waals surface area contributed by atoms with Crippen molar-refractivity contribution in [2.75, 3.05) is 49.5 Å². The van der Waals surface area contributed by atoms with Gasteiger partial charge in [-0.15, -0.1) is 11.3 Å². The van der Waals surface area contributed by atoms with Gasteiger partial charge in [-0.25, -0.2) is 26.9 Å². The van der Waals surface area contributed by atoms with E-state index < -0.39 is 79.1 Å². The topological polar surface area (TPSA) is 203 Å². The Hall–Kier alpha value is -6.25. The van der Waals surface area contributed by atoms with Gasteiger partial charge in [-0.2, -0.15) is 0 Å². The largest absolute Gasteiger partial charge is 0.455 e. The molecule has 0 spiro atoms. The minimum Gasteiger partial charge on any atom is -0.455 e. The molecule has 0 unspecified atom stereocenters. The first-order valence-corrected chi connectivity index (χ1v) is 26.4. The normalized spacial score (nSPS) is 21.4. The number of hydrogen-bond acceptors (Lipinski definition) is 13. The Kier molecular flexibility index (Phi) is 12.3. The second kappa shape index (κ2) is 20.2. The molecule has 386 valence electrons. The average molecular weight is 1040 g/mol. The van der Waals surface area contributed by atoms with Crippen molar-refractivity contribution in [2.45, 2.75) is 95.5 Å². The fourth-order valence-corrected chi connectivity index (χ4v) is 11.9. The van der Waals surface area contributed by atoms with Crippen molar-refractivity contribution in [2.24, 2.45) is 11.3 Å². The Bertz CT molecular complexity index is 3420. The van der Waals surface area contributed by atoms with Gasteiger partial charge in [0.2, 0.25) is 0 Å².